The van der Waals surface area contributed by atoms with Gasteiger partial charge in [-0.05, 0) is 47.5 Å². The molecule has 0 radical (unpaired) electrons. The number of carboxylic acids is 1. The summed E-state index contributed by atoms with van der Waals surface area (Å²) in [7, 11) is 1.69. The molecule has 3 N–H and O–H groups in total. The number of anilines is 1. The van der Waals surface area contributed by atoms with Gasteiger partial charge in [0.15, 0.2) is 0 Å². The van der Waals surface area contributed by atoms with E-state index in [9.17, 15) is 9.90 Å². The van der Waals surface area contributed by atoms with Gasteiger partial charge in [0, 0.05) is 67.0 Å². The number of para-hydroxylation sites is 1. The molecule has 202 valence electrons. The van der Waals surface area contributed by atoms with Gasteiger partial charge in [-0.1, -0.05) is 47.5 Å². The smallest absolute Gasteiger partial charge is 0.321 e. The van der Waals surface area contributed by atoms with Crippen LogP contribution in [0.1, 0.15) is 28.4 Å². The molecule has 2 aliphatic rings. The summed E-state index contributed by atoms with van der Waals surface area (Å²) in [4.78, 5) is 20.4. The van der Waals surface area contributed by atoms with Crippen LogP contribution < -0.4 is 15.0 Å². The molecule has 0 bridgehead atoms. The Bertz CT molecular complexity index is 1530. The van der Waals surface area contributed by atoms with Crippen molar-refractivity contribution in [2.45, 2.75) is 25.0 Å². The number of carbonyl (C=O) groups is 1. The Morgan fingerprint density at radius 3 is 2.56 bits per heavy atom. The first kappa shape index (κ1) is 26.0. The van der Waals surface area contributed by atoms with E-state index in [-0.39, 0.29) is 6.04 Å². The molecule has 3 heterocycles. The number of ether oxygens (including phenoxy) is 1. The molecular weight excluding hydrogens is 535 g/mol. The second kappa shape index (κ2) is 10.7. The van der Waals surface area contributed by atoms with Gasteiger partial charge >= 0.3 is 5.97 Å². The Morgan fingerprint density at radius 2 is 1.82 bits per heavy atom. The Labute approximate surface area is 237 Å². The van der Waals surface area contributed by atoms with Gasteiger partial charge in [0.2, 0.25) is 0 Å². The summed E-state index contributed by atoms with van der Waals surface area (Å²) in [5.41, 5.74) is 6.29. The number of rotatable bonds is 6. The molecular formula is C30H30Cl2N4O3. The third-order valence-electron chi connectivity index (χ3n) is 7.88. The van der Waals surface area contributed by atoms with E-state index in [2.05, 4.69) is 32.2 Å². The average Bonchev–Trinajstić information content (AvgIpc) is 3.33. The molecule has 0 amide bonds. The van der Waals surface area contributed by atoms with Crippen LogP contribution in [0.5, 0.6) is 5.75 Å². The zero-order valence-electron chi connectivity index (χ0n) is 21.6. The number of H-pyrrole nitrogens is 1. The minimum absolute atomic E-state index is 0.265. The second-order valence-corrected chi connectivity index (χ2v) is 11.0. The van der Waals surface area contributed by atoms with Crippen molar-refractivity contribution in [1.29, 1.82) is 0 Å². The third-order valence-corrected chi connectivity index (χ3v) is 8.62. The minimum atomic E-state index is -0.843. The molecule has 1 aromatic heterocycles. The molecule has 0 spiro atoms. The normalized spacial score (nSPS) is 19.7. The van der Waals surface area contributed by atoms with Crippen molar-refractivity contribution in [2.24, 2.45) is 0 Å². The number of aliphatic carboxylic acids is 1. The maximum Gasteiger partial charge on any atom is 0.321 e. The summed E-state index contributed by atoms with van der Waals surface area (Å²) < 4.78 is 5.73. The molecule has 9 heteroatoms. The van der Waals surface area contributed by atoms with Crippen molar-refractivity contribution < 1.29 is 14.6 Å². The number of halogens is 2. The number of nitrogens with zero attached hydrogens (tertiary/aromatic N) is 2. The van der Waals surface area contributed by atoms with Crippen LogP contribution in [0.4, 0.5) is 5.69 Å². The summed E-state index contributed by atoms with van der Waals surface area (Å²) in [5.74, 6) is -0.0161. The van der Waals surface area contributed by atoms with Crippen LogP contribution in [-0.2, 0) is 17.8 Å². The summed E-state index contributed by atoms with van der Waals surface area (Å²) in [6, 6.07) is 19.1. The molecule has 2 aliphatic heterocycles. The highest BCUT2D eigenvalue weighted by Crippen LogP contribution is 2.37. The van der Waals surface area contributed by atoms with Crippen LogP contribution in [0.3, 0.4) is 0 Å². The van der Waals surface area contributed by atoms with Crippen LogP contribution in [-0.4, -0.2) is 60.3 Å². The van der Waals surface area contributed by atoms with Gasteiger partial charge in [0.05, 0.1) is 23.2 Å². The van der Waals surface area contributed by atoms with Gasteiger partial charge in [-0.15, -0.1) is 0 Å². The van der Waals surface area contributed by atoms with E-state index >= 15 is 0 Å². The molecule has 4 aromatic rings. The highest BCUT2D eigenvalue weighted by atomic mass is 35.5. The van der Waals surface area contributed by atoms with E-state index < -0.39 is 12.0 Å². The van der Waals surface area contributed by atoms with Gasteiger partial charge in [-0.2, -0.15) is 0 Å². The standard InChI is InChI=1S/C30H30Cl2N4O3/c1-39-27-9-6-18(28-29-22(16-26(34-28)30(37)38)21-4-2-3-5-25(21)33-29)14-19(27)17-35-10-12-36(13-11-35)20-7-8-23(31)24(32)15-20/h2-9,14-15,26,28,33-34H,10-13,16-17H2,1H3,(H,37,38)/t26-,28+/m1/s1. The van der Waals surface area contributed by atoms with Crippen molar-refractivity contribution in [1.82, 2.24) is 15.2 Å². The molecule has 1 saturated heterocycles. The van der Waals surface area contributed by atoms with Crippen molar-refractivity contribution in [3.63, 3.8) is 0 Å². The molecule has 1 fully saturated rings. The van der Waals surface area contributed by atoms with E-state index in [0.717, 1.165) is 77.4 Å². The largest absolute Gasteiger partial charge is 0.496 e. The second-order valence-electron chi connectivity index (χ2n) is 10.2. The van der Waals surface area contributed by atoms with Crippen LogP contribution in [0.2, 0.25) is 10.0 Å². The number of nitrogens with one attached hydrogen (secondary N) is 2. The fourth-order valence-electron chi connectivity index (χ4n) is 5.84. The lowest BCUT2D eigenvalue weighted by Gasteiger charge is -2.36. The minimum Gasteiger partial charge on any atom is -0.496 e. The molecule has 0 unspecified atom stereocenters. The predicted molar refractivity (Wildman–Crippen MR) is 155 cm³/mol. The first-order valence-electron chi connectivity index (χ1n) is 13.1. The summed E-state index contributed by atoms with van der Waals surface area (Å²) in [6.45, 7) is 4.28. The Morgan fingerprint density at radius 1 is 1.03 bits per heavy atom. The first-order chi connectivity index (χ1) is 18.9. The van der Waals surface area contributed by atoms with E-state index in [1.54, 1.807) is 7.11 Å². The van der Waals surface area contributed by atoms with Gasteiger partial charge < -0.3 is 19.7 Å². The van der Waals surface area contributed by atoms with Crippen LogP contribution in [0.25, 0.3) is 10.9 Å². The first-order valence-corrected chi connectivity index (χ1v) is 13.8. The van der Waals surface area contributed by atoms with E-state index in [1.807, 2.05) is 48.5 Å². The number of hydrogen-bond acceptors (Lipinski definition) is 5. The summed E-state index contributed by atoms with van der Waals surface area (Å²) in [5, 5.41) is 15.5. The van der Waals surface area contributed by atoms with Gasteiger partial charge in [-0.3, -0.25) is 15.0 Å². The monoisotopic (exact) mass is 564 g/mol. The summed E-state index contributed by atoms with van der Waals surface area (Å²) >= 11 is 12.3. The Kier molecular flexibility index (Phi) is 7.16. The number of fused-ring (bicyclic) bond motifs is 3. The molecule has 2 atom stereocenters. The number of aromatic nitrogens is 1. The molecule has 3 aromatic carbocycles. The lowest BCUT2D eigenvalue weighted by Crippen LogP contribution is -2.46. The topological polar surface area (TPSA) is 80.8 Å². The fourth-order valence-corrected chi connectivity index (χ4v) is 6.14. The van der Waals surface area contributed by atoms with Crippen molar-refractivity contribution in [3.05, 3.63) is 93.1 Å². The van der Waals surface area contributed by atoms with Gasteiger partial charge in [0.25, 0.3) is 0 Å². The molecule has 6 rings (SSSR count). The van der Waals surface area contributed by atoms with E-state index in [4.69, 9.17) is 27.9 Å². The number of aromatic amines is 1. The number of methoxy groups -OCH3 is 1. The number of benzene rings is 3. The molecule has 7 nitrogen and oxygen atoms in total. The van der Waals surface area contributed by atoms with Crippen LogP contribution >= 0.6 is 23.2 Å². The maximum atomic E-state index is 12.1. The average molecular weight is 566 g/mol. The number of hydrogen-bond donors (Lipinski definition) is 3. The van der Waals surface area contributed by atoms with E-state index in [0.29, 0.717) is 16.5 Å². The van der Waals surface area contributed by atoms with Gasteiger partial charge in [-0.25, -0.2) is 0 Å². The van der Waals surface area contributed by atoms with Crippen molar-refractivity contribution in [3.8, 4) is 5.75 Å². The number of piperazine rings is 1. The SMILES string of the molecule is COc1ccc([C@@H]2N[C@@H](C(=O)O)Cc3c2[nH]c2ccccc32)cc1CN1CCN(c2ccc(Cl)c(Cl)c2)CC1. The zero-order valence-corrected chi connectivity index (χ0v) is 23.1. The number of carboxylic acid groups (broad SMARTS) is 1. The van der Waals surface area contributed by atoms with E-state index in [1.165, 1.54) is 0 Å². The molecule has 39 heavy (non-hydrogen) atoms. The summed E-state index contributed by atoms with van der Waals surface area (Å²) in [6.07, 6.45) is 0.442. The molecule has 0 aliphatic carbocycles. The lowest BCUT2D eigenvalue weighted by atomic mass is 9.89. The predicted octanol–water partition coefficient (Wildman–Crippen LogP) is 5.49. The zero-order chi connectivity index (χ0) is 27.1. The van der Waals surface area contributed by atoms with Crippen LogP contribution in [0, 0.1) is 0 Å². The fraction of sp³-hybridized carbons (Fsp3) is 0.300. The molecule has 0 saturated carbocycles. The third kappa shape index (κ3) is 5.08. The Hall–Kier alpha value is -3.23. The van der Waals surface area contributed by atoms with Crippen LogP contribution in [0.15, 0.2) is 60.7 Å². The van der Waals surface area contributed by atoms with Gasteiger partial charge in [0.1, 0.15) is 11.8 Å². The highest BCUT2D eigenvalue weighted by Gasteiger charge is 2.34. The highest BCUT2D eigenvalue weighted by molar-refractivity contribution is 6.42. The van der Waals surface area contributed by atoms with Crippen molar-refractivity contribution >= 4 is 45.8 Å². The Balaban J connectivity index is 1.25. The quantitative estimate of drug-likeness (QED) is 0.287. The lowest BCUT2D eigenvalue weighted by molar-refractivity contribution is -0.139. The van der Waals surface area contributed by atoms with Crippen molar-refractivity contribution in [2.75, 3.05) is 38.2 Å². The maximum absolute atomic E-state index is 12.1.